The Morgan fingerprint density at radius 2 is 2.18 bits per heavy atom. The quantitative estimate of drug-likeness (QED) is 0.586. The van der Waals surface area contributed by atoms with Gasteiger partial charge in [-0.15, -0.1) is 0 Å². The minimum absolute atomic E-state index is 0.000278. The van der Waals surface area contributed by atoms with E-state index in [9.17, 15) is 8.42 Å². The zero-order valence-corrected chi connectivity index (χ0v) is 7.36. The van der Waals surface area contributed by atoms with Gasteiger partial charge in [-0.3, -0.25) is 4.18 Å². The van der Waals surface area contributed by atoms with E-state index in [4.69, 9.17) is 0 Å². The summed E-state index contributed by atoms with van der Waals surface area (Å²) in [6.07, 6.45) is 2.73. The third-order valence-corrected chi connectivity index (χ3v) is 2.78. The van der Waals surface area contributed by atoms with Gasteiger partial charge in [0.2, 0.25) is 0 Å². The zero-order valence-electron chi connectivity index (χ0n) is 6.54. The van der Waals surface area contributed by atoms with Crippen LogP contribution in [0.5, 0.6) is 0 Å². The van der Waals surface area contributed by atoms with Crippen molar-refractivity contribution in [2.75, 3.05) is 6.61 Å². The van der Waals surface area contributed by atoms with Crippen molar-refractivity contribution in [3.05, 3.63) is 0 Å². The molecular weight excluding hydrogens is 166 g/mol. The van der Waals surface area contributed by atoms with E-state index in [1.54, 1.807) is 0 Å². The van der Waals surface area contributed by atoms with Crippen LogP contribution < -0.4 is 4.72 Å². The molecule has 0 amide bonds. The van der Waals surface area contributed by atoms with Crippen LogP contribution in [-0.4, -0.2) is 21.1 Å². The first kappa shape index (κ1) is 8.96. The molecular formula is C6H13NO3S. The lowest BCUT2D eigenvalue weighted by Crippen LogP contribution is -2.35. The van der Waals surface area contributed by atoms with Crippen LogP contribution in [0.3, 0.4) is 0 Å². The topological polar surface area (TPSA) is 55.4 Å². The van der Waals surface area contributed by atoms with E-state index in [0.29, 0.717) is 6.61 Å². The third kappa shape index (κ3) is 3.18. The van der Waals surface area contributed by atoms with Crippen LogP contribution in [0.15, 0.2) is 0 Å². The molecule has 66 valence electrons. The van der Waals surface area contributed by atoms with Gasteiger partial charge in [0.05, 0.1) is 6.61 Å². The third-order valence-electron chi connectivity index (χ3n) is 1.62. The second kappa shape index (κ2) is 3.51. The SMILES string of the molecule is CC1CCCCOS(=O)(=O)N1. The highest BCUT2D eigenvalue weighted by molar-refractivity contribution is 7.84. The normalized spacial score (nSPS) is 32.3. The van der Waals surface area contributed by atoms with Crippen LogP contribution in [0.2, 0.25) is 0 Å². The summed E-state index contributed by atoms with van der Waals surface area (Å²) in [5.41, 5.74) is 0. The molecule has 0 radical (unpaired) electrons. The predicted molar refractivity (Wildman–Crippen MR) is 41.3 cm³/mol. The molecule has 4 nitrogen and oxygen atoms in total. The van der Waals surface area contributed by atoms with Gasteiger partial charge in [-0.1, -0.05) is 0 Å². The van der Waals surface area contributed by atoms with E-state index in [-0.39, 0.29) is 6.04 Å². The van der Waals surface area contributed by atoms with E-state index in [2.05, 4.69) is 8.91 Å². The first-order chi connectivity index (χ1) is 5.10. The van der Waals surface area contributed by atoms with Crippen LogP contribution in [0.4, 0.5) is 0 Å². The first-order valence-corrected chi connectivity index (χ1v) is 5.18. The van der Waals surface area contributed by atoms with Gasteiger partial charge >= 0.3 is 10.3 Å². The molecule has 5 heteroatoms. The van der Waals surface area contributed by atoms with E-state index < -0.39 is 10.3 Å². The van der Waals surface area contributed by atoms with E-state index >= 15 is 0 Å². The molecule has 1 rings (SSSR count). The van der Waals surface area contributed by atoms with E-state index in [1.165, 1.54) is 0 Å². The number of nitrogens with one attached hydrogen (secondary N) is 1. The lowest BCUT2D eigenvalue weighted by atomic mass is 10.1. The second-order valence-electron chi connectivity index (χ2n) is 2.79. The van der Waals surface area contributed by atoms with Crippen molar-refractivity contribution in [2.45, 2.75) is 32.2 Å². The van der Waals surface area contributed by atoms with Crippen molar-refractivity contribution in [1.29, 1.82) is 0 Å². The highest BCUT2D eigenvalue weighted by Crippen LogP contribution is 2.07. The summed E-state index contributed by atoms with van der Waals surface area (Å²) in [5.74, 6) is 0. The van der Waals surface area contributed by atoms with Gasteiger partial charge in [-0.25, -0.2) is 0 Å². The summed E-state index contributed by atoms with van der Waals surface area (Å²) in [4.78, 5) is 0. The Bertz CT molecular complexity index is 212. The van der Waals surface area contributed by atoms with Gasteiger partial charge in [0, 0.05) is 6.04 Å². The fraction of sp³-hybridized carbons (Fsp3) is 1.00. The Balaban J connectivity index is 2.56. The van der Waals surface area contributed by atoms with Gasteiger partial charge in [0.15, 0.2) is 0 Å². The lowest BCUT2D eigenvalue weighted by Gasteiger charge is -2.16. The van der Waals surface area contributed by atoms with Crippen LogP contribution >= 0.6 is 0 Å². The Morgan fingerprint density at radius 3 is 2.91 bits per heavy atom. The van der Waals surface area contributed by atoms with Gasteiger partial charge in [0.1, 0.15) is 0 Å². The molecule has 1 aliphatic rings. The molecule has 0 aromatic carbocycles. The summed E-state index contributed by atoms with van der Waals surface area (Å²) in [6.45, 7) is 2.15. The Morgan fingerprint density at radius 1 is 1.45 bits per heavy atom. The van der Waals surface area contributed by atoms with Crippen molar-refractivity contribution < 1.29 is 12.6 Å². The molecule has 1 atom stereocenters. The van der Waals surface area contributed by atoms with Gasteiger partial charge in [-0.2, -0.15) is 13.1 Å². The van der Waals surface area contributed by atoms with Crippen molar-refractivity contribution in [3.63, 3.8) is 0 Å². The summed E-state index contributed by atoms with van der Waals surface area (Å²) in [5, 5.41) is 0. The predicted octanol–water partition coefficient (Wildman–Crippen LogP) is 0.410. The van der Waals surface area contributed by atoms with Crippen LogP contribution in [0, 0.1) is 0 Å². The Hall–Kier alpha value is -0.130. The van der Waals surface area contributed by atoms with Crippen LogP contribution in [0.1, 0.15) is 26.2 Å². The minimum Gasteiger partial charge on any atom is -0.258 e. The first-order valence-electron chi connectivity index (χ1n) is 3.77. The molecule has 1 fully saturated rings. The molecule has 0 aliphatic carbocycles. The highest BCUT2D eigenvalue weighted by Gasteiger charge is 2.16. The summed E-state index contributed by atoms with van der Waals surface area (Å²) < 4.78 is 28.8. The number of hydrogen-bond acceptors (Lipinski definition) is 3. The molecule has 1 unspecified atom stereocenters. The maximum absolute atomic E-state index is 10.9. The molecule has 1 heterocycles. The average molecular weight is 179 g/mol. The fourth-order valence-electron chi connectivity index (χ4n) is 1.06. The molecule has 1 aliphatic heterocycles. The van der Waals surface area contributed by atoms with Crippen LogP contribution in [-0.2, 0) is 14.5 Å². The second-order valence-corrected chi connectivity index (χ2v) is 4.17. The van der Waals surface area contributed by atoms with Crippen molar-refractivity contribution >= 4 is 10.3 Å². The standard InChI is InChI=1S/C6H13NO3S/c1-6-4-2-3-5-10-11(8,9)7-6/h6-7H,2-5H2,1H3. The van der Waals surface area contributed by atoms with Crippen molar-refractivity contribution in [2.24, 2.45) is 0 Å². The van der Waals surface area contributed by atoms with Crippen LogP contribution in [0.25, 0.3) is 0 Å². The van der Waals surface area contributed by atoms with Gasteiger partial charge < -0.3 is 0 Å². The monoisotopic (exact) mass is 179 g/mol. The number of hydrogen-bond donors (Lipinski definition) is 1. The smallest absolute Gasteiger partial charge is 0.258 e. The molecule has 1 saturated heterocycles. The minimum atomic E-state index is -3.44. The highest BCUT2D eigenvalue weighted by atomic mass is 32.2. The van der Waals surface area contributed by atoms with E-state index in [0.717, 1.165) is 19.3 Å². The zero-order chi connectivity index (χ0) is 8.32. The number of rotatable bonds is 0. The van der Waals surface area contributed by atoms with Gasteiger partial charge in [0.25, 0.3) is 0 Å². The maximum atomic E-state index is 10.9. The van der Waals surface area contributed by atoms with Crippen molar-refractivity contribution in [3.8, 4) is 0 Å². The largest absolute Gasteiger partial charge is 0.336 e. The molecule has 0 aromatic heterocycles. The maximum Gasteiger partial charge on any atom is 0.336 e. The van der Waals surface area contributed by atoms with Crippen molar-refractivity contribution in [1.82, 2.24) is 4.72 Å². The molecule has 1 N–H and O–H groups in total. The molecule has 0 aromatic rings. The van der Waals surface area contributed by atoms with Gasteiger partial charge in [-0.05, 0) is 26.2 Å². The average Bonchev–Trinajstić information content (AvgIpc) is 1.82. The molecule has 11 heavy (non-hydrogen) atoms. The lowest BCUT2D eigenvalue weighted by molar-refractivity contribution is 0.282. The Kier molecular flexibility index (Phi) is 2.86. The summed E-state index contributed by atoms with van der Waals surface area (Å²) in [7, 11) is -3.44. The fourth-order valence-corrected chi connectivity index (χ4v) is 2.08. The van der Waals surface area contributed by atoms with E-state index in [1.807, 2.05) is 6.92 Å². The molecule has 0 spiro atoms. The molecule has 0 bridgehead atoms. The Labute approximate surface area is 67.2 Å². The summed E-state index contributed by atoms with van der Waals surface area (Å²) in [6, 6.07) is 0.000278. The molecule has 0 saturated carbocycles. The summed E-state index contributed by atoms with van der Waals surface area (Å²) >= 11 is 0.